The predicted molar refractivity (Wildman–Crippen MR) is 70.0 cm³/mol. The van der Waals surface area contributed by atoms with E-state index in [0.717, 1.165) is 36.6 Å². The summed E-state index contributed by atoms with van der Waals surface area (Å²) in [6.45, 7) is 3.07. The van der Waals surface area contributed by atoms with Crippen LogP contribution in [0.4, 0.5) is 0 Å². The third-order valence-electron chi connectivity index (χ3n) is 6.15. The maximum atomic E-state index is 12.5. The second-order valence-corrected chi connectivity index (χ2v) is 7.20. The van der Waals surface area contributed by atoms with E-state index in [2.05, 4.69) is 17.6 Å². The molecule has 4 fully saturated rings. The van der Waals surface area contributed by atoms with E-state index in [1.165, 1.54) is 32.1 Å². The maximum absolute atomic E-state index is 12.5. The molecule has 1 aliphatic heterocycles. The van der Waals surface area contributed by atoms with Gasteiger partial charge in [-0.1, -0.05) is 0 Å². The number of nitrogens with one attached hydrogen (secondary N) is 2. The average molecular weight is 248 g/mol. The SMILES string of the molecule is CC1(C(=O)NC2C3C4CCC(C4)C23)CCCCN1. The van der Waals surface area contributed by atoms with Crippen molar-refractivity contribution in [2.75, 3.05) is 6.54 Å². The Morgan fingerprint density at radius 1 is 1.22 bits per heavy atom. The molecule has 2 bridgehead atoms. The van der Waals surface area contributed by atoms with Gasteiger partial charge < -0.3 is 10.6 Å². The van der Waals surface area contributed by atoms with E-state index in [9.17, 15) is 4.79 Å². The van der Waals surface area contributed by atoms with Crippen LogP contribution in [-0.4, -0.2) is 24.0 Å². The molecular weight excluding hydrogens is 224 g/mol. The Bertz CT molecular complexity index is 359. The minimum atomic E-state index is -0.297. The van der Waals surface area contributed by atoms with E-state index >= 15 is 0 Å². The zero-order chi connectivity index (χ0) is 12.3. The van der Waals surface area contributed by atoms with E-state index in [4.69, 9.17) is 0 Å². The van der Waals surface area contributed by atoms with Crippen molar-refractivity contribution in [2.45, 2.75) is 57.0 Å². The van der Waals surface area contributed by atoms with Crippen molar-refractivity contribution in [1.82, 2.24) is 10.6 Å². The van der Waals surface area contributed by atoms with Crippen molar-refractivity contribution in [3.8, 4) is 0 Å². The number of carbonyl (C=O) groups excluding carboxylic acids is 1. The molecule has 2 N–H and O–H groups in total. The van der Waals surface area contributed by atoms with Crippen LogP contribution in [0.15, 0.2) is 0 Å². The number of rotatable bonds is 2. The third kappa shape index (κ3) is 1.49. The first kappa shape index (κ1) is 11.3. The molecule has 3 nitrogen and oxygen atoms in total. The summed E-state index contributed by atoms with van der Waals surface area (Å²) >= 11 is 0. The number of hydrogen-bond donors (Lipinski definition) is 2. The summed E-state index contributed by atoms with van der Waals surface area (Å²) in [5.41, 5.74) is -0.297. The Balaban J connectivity index is 1.40. The van der Waals surface area contributed by atoms with Gasteiger partial charge in [0, 0.05) is 6.04 Å². The summed E-state index contributed by atoms with van der Waals surface area (Å²) in [5, 5.41) is 6.79. The van der Waals surface area contributed by atoms with Gasteiger partial charge in [0.05, 0.1) is 5.54 Å². The summed E-state index contributed by atoms with van der Waals surface area (Å²) in [7, 11) is 0. The number of amides is 1. The molecule has 0 radical (unpaired) electrons. The van der Waals surface area contributed by atoms with Gasteiger partial charge in [-0.15, -0.1) is 0 Å². The number of hydrogen-bond acceptors (Lipinski definition) is 2. The van der Waals surface area contributed by atoms with Crippen molar-refractivity contribution in [1.29, 1.82) is 0 Å². The highest BCUT2D eigenvalue weighted by Gasteiger charge is 2.65. The zero-order valence-electron chi connectivity index (χ0n) is 11.2. The molecule has 4 aliphatic rings. The van der Waals surface area contributed by atoms with Crippen LogP contribution in [-0.2, 0) is 4.79 Å². The van der Waals surface area contributed by atoms with Gasteiger partial charge in [-0.3, -0.25) is 4.79 Å². The molecule has 3 aliphatic carbocycles. The second-order valence-electron chi connectivity index (χ2n) is 7.20. The third-order valence-corrected chi connectivity index (χ3v) is 6.15. The largest absolute Gasteiger partial charge is 0.351 e. The fourth-order valence-corrected chi connectivity index (χ4v) is 5.08. The average Bonchev–Trinajstić information content (AvgIpc) is 2.78. The molecule has 5 unspecified atom stereocenters. The van der Waals surface area contributed by atoms with Gasteiger partial charge in [0.15, 0.2) is 0 Å². The lowest BCUT2D eigenvalue weighted by atomic mass is 9.90. The molecule has 1 amide bonds. The number of carbonyl (C=O) groups is 1. The quantitative estimate of drug-likeness (QED) is 0.780. The van der Waals surface area contributed by atoms with Gasteiger partial charge >= 0.3 is 0 Å². The first-order valence-corrected chi connectivity index (χ1v) is 7.75. The van der Waals surface area contributed by atoms with E-state index < -0.39 is 0 Å². The van der Waals surface area contributed by atoms with Gasteiger partial charge in [0.25, 0.3) is 0 Å². The fourth-order valence-electron chi connectivity index (χ4n) is 5.08. The highest BCUT2D eigenvalue weighted by molar-refractivity contribution is 5.86. The highest BCUT2D eigenvalue weighted by Crippen LogP contribution is 2.65. The Morgan fingerprint density at radius 2 is 1.94 bits per heavy atom. The molecule has 18 heavy (non-hydrogen) atoms. The van der Waals surface area contributed by atoms with Crippen LogP contribution < -0.4 is 10.6 Å². The van der Waals surface area contributed by atoms with Crippen LogP contribution in [0.3, 0.4) is 0 Å². The van der Waals surface area contributed by atoms with Crippen LogP contribution in [0.5, 0.6) is 0 Å². The van der Waals surface area contributed by atoms with Gasteiger partial charge in [0.2, 0.25) is 5.91 Å². The lowest BCUT2D eigenvalue weighted by Gasteiger charge is -2.33. The monoisotopic (exact) mass is 248 g/mol. The van der Waals surface area contributed by atoms with E-state index in [1.54, 1.807) is 0 Å². The lowest BCUT2D eigenvalue weighted by Crippen LogP contribution is -2.57. The van der Waals surface area contributed by atoms with E-state index in [-0.39, 0.29) is 11.4 Å². The molecule has 3 saturated carbocycles. The minimum Gasteiger partial charge on any atom is -0.351 e. The van der Waals surface area contributed by atoms with Crippen LogP contribution >= 0.6 is 0 Å². The summed E-state index contributed by atoms with van der Waals surface area (Å²) in [4.78, 5) is 12.5. The summed E-state index contributed by atoms with van der Waals surface area (Å²) in [5.74, 6) is 3.84. The van der Waals surface area contributed by atoms with Crippen LogP contribution in [0, 0.1) is 23.7 Å². The molecule has 0 aromatic rings. The predicted octanol–water partition coefficient (Wildman–Crippen LogP) is 1.68. The van der Waals surface area contributed by atoms with Crippen LogP contribution in [0.2, 0.25) is 0 Å². The molecule has 1 saturated heterocycles. The Labute approximate surface area is 109 Å². The van der Waals surface area contributed by atoms with Crippen molar-refractivity contribution >= 4 is 5.91 Å². The van der Waals surface area contributed by atoms with E-state index in [0.29, 0.717) is 6.04 Å². The fraction of sp³-hybridized carbons (Fsp3) is 0.933. The number of fused-ring (bicyclic) bond motifs is 5. The minimum absolute atomic E-state index is 0.265. The molecule has 3 heteroatoms. The summed E-state index contributed by atoms with van der Waals surface area (Å²) in [6, 6.07) is 0.532. The molecule has 0 spiro atoms. The summed E-state index contributed by atoms with van der Waals surface area (Å²) in [6.07, 6.45) is 7.69. The molecular formula is C15H24N2O. The molecule has 0 aromatic carbocycles. The van der Waals surface area contributed by atoms with Crippen molar-refractivity contribution in [2.24, 2.45) is 23.7 Å². The first-order chi connectivity index (χ1) is 8.69. The Kier molecular flexibility index (Phi) is 2.33. The van der Waals surface area contributed by atoms with Gasteiger partial charge in [-0.2, -0.15) is 0 Å². The Hall–Kier alpha value is -0.570. The number of piperidine rings is 1. The van der Waals surface area contributed by atoms with Gasteiger partial charge in [-0.05, 0) is 75.7 Å². The van der Waals surface area contributed by atoms with Crippen molar-refractivity contribution in [3.63, 3.8) is 0 Å². The topological polar surface area (TPSA) is 41.1 Å². The van der Waals surface area contributed by atoms with E-state index in [1.807, 2.05) is 0 Å². The smallest absolute Gasteiger partial charge is 0.240 e. The van der Waals surface area contributed by atoms with Gasteiger partial charge in [0.1, 0.15) is 0 Å². The van der Waals surface area contributed by atoms with Crippen LogP contribution in [0.25, 0.3) is 0 Å². The summed E-state index contributed by atoms with van der Waals surface area (Å²) < 4.78 is 0. The molecule has 4 rings (SSSR count). The normalized spacial score (nSPS) is 53.1. The van der Waals surface area contributed by atoms with Gasteiger partial charge in [-0.25, -0.2) is 0 Å². The highest BCUT2D eigenvalue weighted by atomic mass is 16.2. The van der Waals surface area contributed by atoms with Crippen molar-refractivity contribution < 1.29 is 4.79 Å². The first-order valence-electron chi connectivity index (χ1n) is 7.75. The van der Waals surface area contributed by atoms with Crippen LogP contribution in [0.1, 0.15) is 45.4 Å². The molecule has 0 aromatic heterocycles. The second kappa shape index (κ2) is 3.72. The maximum Gasteiger partial charge on any atom is 0.240 e. The molecule has 100 valence electrons. The zero-order valence-corrected chi connectivity index (χ0v) is 11.2. The Morgan fingerprint density at radius 3 is 2.56 bits per heavy atom. The lowest BCUT2D eigenvalue weighted by molar-refractivity contribution is -0.128. The molecule has 5 atom stereocenters. The van der Waals surface area contributed by atoms with Crippen molar-refractivity contribution in [3.05, 3.63) is 0 Å². The molecule has 1 heterocycles. The standard InChI is InChI=1S/C15H24N2O/c1-15(6-2-3-7-16-15)14(18)17-13-11-9-4-5-10(8-9)12(11)13/h9-13,16H,2-8H2,1H3,(H,17,18).